The van der Waals surface area contributed by atoms with Gasteiger partial charge in [-0.3, -0.25) is 0 Å². The molecule has 3 heteroatoms. The van der Waals surface area contributed by atoms with Crippen molar-refractivity contribution >= 4 is 72.4 Å². The smallest absolute Gasteiger partial charge is 0.179 e. The number of hydrogen-bond acceptors (Lipinski definition) is 0. The molecule has 1 aliphatic rings. The highest BCUT2D eigenvalue weighted by atomic mass is 28.3. The molecule has 0 atom stereocenters. The van der Waals surface area contributed by atoms with E-state index in [1.165, 1.54) is 98.0 Å². The molecule has 0 aliphatic heterocycles. The van der Waals surface area contributed by atoms with Gasteiger partial charge in [0.15, 0.2) is 8.07 Å². The van der Waals surface area contributed by atoms with Crippen LogP contribution in [0.5, 0.6) is 0 Å². The van der Waals surface area contributed by atoms with Gasteiger partial charge in [-0.2, -0.15) is 0 Å². The highest BCUT2D eigenvalue weighted by molar-refractivity contribution is 7.19. The Bertz CT molecular complexity index is 3350. The number of fused-ring (bicyclic) bond motifs is 10. The Kier molecular flexibility index (Phi) is 7.63. The number of aromatic nitrogens is 2. The summed E-state index contributed by atoms with van der Waals surface area (Å²) in [6, 6.07) is 81.9. The van der Waals surface area contributed by atoms with Gasteiger partial charge >= 0.3 is 0 Å². The van der Waals surface area contributed by atoms with Crippen LogP contribution in [0.1, 0.15) is 25.0 Å². The van der Waals surface area contributed by atoms with Crippen molar-refractivity contribution in [2.24, 2.45) is 0 Å². The lowest BCUT2D eigenvalue weighted by atomic mass is 9.81. The zero-order chi connectivity index (χ0) is 40.0. The van der Waals surface area contributed by atoms with E-state index in [9.17, 15) is 0 Å². The third-order valence-corrected chi connectivity index (χ3v) is 18.2. The Morgan fingerprint density at radius 2 is 0.850 bits per heavy atom. The van der Waals surface area contributed by atoms with Gasteiger partial charge in [-0.1, -0.05) is 190 Å². The summed E-state index contributed by atoms with van der Waals surface area (Å²) in [5.41, 5.74) is 12.6. The molecule has 60 heavy (non-hydrogen) atoms. The second kappa shape index (κ2) is 13.2. The van der Waals surface area contributed by atoms with Crippen LogP contribution < -0.4 is 20.7 Å². The number of para-hydroxylation sites is 3. The summed E-state index contributed by atoms with van der Waals surface area (Å²) in [6.45, 7) is 4.80. The van der Waals surface area contributed by atoms with Crippen LogP contribution in [0.4, 0.5) is 0 Å². The first-order valence-electron chi connectivity index (χ1n) is 21.0. The van der Waals surface area contributed by atoms with Crippen molar-refractivity contribution < 1.29 is 0 Å². The third-order valence-electron chi connectivity index (χ3n) is 13.4. The van der Waals surface area contributed by atoms with E-state index in [4.69, 9.17) is 0 Å². The van der Waals surface area contributed by atoms with Crippen LogP contribution >= 0.6 is 0 Å². The van der Waals surface area contributed by atoms with Crippen LogP contribution in [0.15, 0.2) is 218 Å². The van der Waals surface area contributed by atoms with Crippen LogP contribution in [-0.2, 0) is 5.41 Å². The van der Waals surface area contributed by atoms with Gasteiger partial charge in [0, 0.05) is 38.3 Å². The number of rotatable bonds is 6. The molecular formula is C57H42N2Si. The minimum atomic E-state index is -2.90. The first-order valence-corrected chi connectivity index (χ1v) is 23.0. The van der Waals surface area contributed by atoms with E-state index in [0.29, 0.717) is 0 Å². The average Bonchev–Trinajstić information content (AvgIpc) is 3.91. The van der Waals surface area contributed by atoms with Crippen molar-refractivity contribution in [1.29, 1.82) is 0 Å². The molecule has 1 aliphatic carbocycles. The van der Waals surface area contributed by atoms with Gasteiger partial charge in [-0.05, 0) is 85.5 Å². The summed E-state index contributed by atoms with van der Waals surface area (Å²) in [6.07, 6.45) is 0. The van der Waals surface area contributed by atoms with Gasteiger partial charge < -0.3 is 9.13 Å². The van der Waals surface area contributed by atoms with Gasteiger partial charge in [0.05, 0.1) is 22.1 Å². The molecule has 0 bridgehead atoms. The maximum Gasteiger partial charge on any atom is 0.179 e. The van der Waals surface area contributed by atoms with E-state index in [-0.39, 0.29) is 5.41 Å². The summed E-state index contributed by atoms with van der Waals surface area (Å²) < 4.78 is 4.99. The zero-order valence-electron chi connectivity index (χ0n) is 33.7. The van der Waals surface area contributed by atoms with E-state index in [1.54, 1.807) is 0 Å². The molecule has 0 spiro atoms. The average molecular weight is 783 g/mol. The summed E-state index contributed by atoms with van der Waals surface area (Å²) in [5.74, 6) is 0. The molecule has 0 saturated carbocycles. The Morgan fingerprint density at radius 3 is 1.48 bits per heavy atom. The van der Waals surface area contributed by atoms with Gasteiger partial charge in [0.2, 0.25) is 0 Å². The van der Waals surface area contributed by atoms with E-state index in [2.05, 4.69) is 241 Å². The predicted molar refractivity (Wildman–Crippen MR) is 256 cm³/mol. The van der Waals surface area contributed by atoms with Crippen LogP contribution in [-0.4, -0.2) is 17.2 Å². The number of nitrogens with zero attached hydrogens (tertiary/aromatic N) is 2. The third kappa shape index (κ3) is 4.81. The van der Waals surface area contributed by atoms with Crippen LogP contribution in [0.2, 0.25) is 0 Å². The fraction of sp³-hybridized carbons (Fsp3) is 0.0526. The second-order valence-corrected chi connectivity index (χ2v) is 20.7. The molecule has 284 valence electrons. The maximum absolute atomic E-state index is 2.90. The van der Waals surface area contributed by atoms with E-state index >= 15 is 0 Å². The fourth-order valence-corrected chi connectivity index (χ4v) is 15.7. The highest BCUT2D eigenvalue weighted by Gasteiger charge is 2.42. The van der Waals surface area contributed by atoms with E-state index in [1.807, 2.05) is 0 Å². The van der Waals surface area contributed by atoms with Gasteiger partial charge in [-0.15, -0.1) is 0 Å². The van der Waals surface area contributed by atoms with Crippen LogP contribution in [0.3, 0.4) is 0 Å². The second-order valence-electron chi connectivity index (χ2n) is 16.9. The lowest BCUT2D eigenvalue weighted by Gasteiger charge is -2.35. The molecule has 0 radical (unpaired) electrons. The summed E-state index contributed by atoms with van der Waals surface area (Å²) in [5, 5.41) is 10.5. The predicted octanol–water partition coefficient (Wildman–Crippen LogP) is 11.6. The maximum atomic E-state index is 2.54. The lowest BCUT2D eigenvalue weighted by Crippen LogP contribution is -2.74. The van der Waals surface area contributed by atoms with Crippen molar-refractivity contribution in [3.63, 3.8) is 0 Å². The minimum Gasteiger partial charge on any atom is -0.309 e. The molecule has 0 saturated heterocycles. The zero-order valence-corrected chi connectivity index (χ0v) is 34.7. The Hall–Kier alpha value is -7.20. The van der Waals surface area contributed by atoms with Gasteiger partial charge in [-0.25, -0.2) is 0 Å². The number of hydrogen-bond donors (Lipinski definition) is 0. The summed E-state index contributed by atoms with van der Waals surface area (Å²) in [4.78, 5) is 0. The monoisotopic (exact) mass is 782 g/mol. The molecule has 2 heterocycles. The first-order chi connectivity index (χ1) is 29.5. The topological polar surface area (TPSA) is 9.86 Å². The number of benzene rings is 9. The lowest BCUT2D eigenvalue weighted by molar-refractivity contribution is 0.664. The van der Waals surface area contributed by atoms with Gasteiger partial charge in [0.1, 0.15) is 0 Å². The molecule has 2 aromatic heterocycles. The van der Waals surface area contributed by atoms with Crippen molar-refractivity contribution in [2.45, 2.75) is 19.3 Å². The van der Waals surface area contributed by atoms with Crippen LogP contribution in [0.25, 0.3) is 66.1 Å². The molecule has 11 aromatic rings. The van der Waals surface area contributed by atoms with Gasteiger partial charge in [0.25, 0.3) is 0 Å². The fourth-order valence-electron chi connectivity index (χ4n) is 10.9. The normalized spacial score (nSPS) is 13.3. The van der Waals surface area contributed by atoms with E-state index < -0.39 is 8.07 Å². The quantitative estimate of drug-likeness (QED) is 0.117. The SMILES string of the molecule is CC1(C)c2ccccc2-c2ccc3c4ccccc4n(-c4ccc([Si](c5ccccc5)(c5ccccc5)c5cccc(-n6c7ccccc7c7ccccc76)c5)cc4)c3c21. The van der Waals surface area contributed by atoms with Crippen molar-refractivity contribution in [3.05, 3.63) is 230 Å². The Morgan fingerprint density at radius 1 is 0.350 bits per heavy atom. The Labute approximate surface area is 351 Å². The van der Waals surface area contributed by atoms with Crippen molar-refractivity contribution in [2.75, 3.05) is 0 Å². The molecule has 9 aromatic carbocycles. The largest absolute Gasteiger partial charge is 0.309 e. The molecular weight excluding hydrogens is 741 g/mol. The minimum absolute atomic E-state index is 0.151. The molecule has 0 amide bonds. The van der Waals surface area contributed by atoms with Crippen molar-refractivity contribution in [1.82, 2.24) is 9.13 Å². The first kappa shape index (κ1) is 34.8. The van der Waals surface area contributed by atoms with Crippen LogP contribution in [0, 0.1) is 0 Å². The molecule has 12 rings (SSSR count). The summed E-state index contributed by atoms with van der Waals surface area (Å²) in [7, 11) is -2.90. The standard InChI is InChI=1S/C57H42N2Si/c1-57(2)51-28-13-9-24-45(51)49-36-37-50-48-27-12-16-31-54(48)59(56(50)55(49)57)39-32-34-43(35-33-39)60(41-19-5-3-6-20-41,42-21-7-4-8-22-42)44-23-17-18-40(38-44)58-52-29-14-10-25-46(52)47-26-11-15-30-53(47)58/h3-38H,1-2H3. The highest BCUT2D eigenvalue weighted by Crippen LogP contribution is 2.52. The Balaban J connectivity index is 1.11. The molecule has 0 N–H and O–H groups in total. The summed E-state index contributed by atoms with van der Waals surface area (Å²) >= 11 is 0. The van der Waals surface area contributed by atoms with Crippen molar-refractivity contribution in [3.8, 4) is 22.5 Å². The molecule has 0 unspecified atom stereocenters. The molecule has 2 nitrogen and oxygen atoms in total. The molecule has 0 fully saturated rings. The van der Waals surface area contributed by atoms with E-state index in [0.717, 1.165) is 0 Å².